The van der Waals surface area contributed by atoms with Crippen LogP contribution < -0.4 is 0 Å². The molecule has 0 bridgehead atoms. The smallest absolute Gasteiger partial charge is 0.380 e. The molecule has 9 heteroatoms. The van der Waals surface area contributed by atoms with Crippen molar-refractivity contribution in [3.05, 3.63) is 0 Å². The topological polar surface area (TPSA) is 112 Å². The van der Waals surface area contributed by atoms with Crippen LogP contribution in [0.1, 0.15) is 25.7 Å². The second-order valence-electron chi connectivity index (χ2n) is 4.81. The molecule has 9 nitrogen and oxygen atoms in total. The summed E-state index contributed by atoms with van der Waals surface area (Å²) in [5, 5.41) is 10.6. The summed E-state index contributed by atoms with van der Waals surface area (Å²) in [4.78, 5) is 38.8. The summed E-state index contributed by atoms with van der Waals surface area (Å²) in [6, 6.07) is 0. The first kappa shape index (κ1) is 13.3. The second kappa shape index (κ2) is 4.40. The van der Waals surface area contributed by atoms with Crippen molar-refractivity contribution >= 4 is 18.0 Å². The van der Waals surface area contributed by atoms with Crippen LogP contribution in [0.3, 0.4) is 0 Å². The summed E-state index contributed by atoms with van der Waals surface area (Å²) in [7, 11) is 0. The van der Waals surface area contributed by atoms with Crippen molar-refractivity contribution in [1.82, 2.24) is 5.06 Å². The van der Waals surface area contributed by atoms with Crippen molar-refractivity contribution in [3.63, 3.8) is 0 Å². The van der Waals surface area contributed by atoms with Gasteiger partial charge in [-0.2, -0.15) is 0 Å². The van der Waals surface area contributed by atoms with Crippen molar-refractivity contribution in [2.75, 3.05) is 13.2 Å². The molecule has 3 fully saturated rings. The molecule has 1 N–H and O–H groups in total. The summed E-state index contributed by atoms with van der Waals surface area (Å²) >= 11 is 0. The number of hydroxylamine groups is 2. The Balaban J connectivity index is 1.67. The molecule has 3 rings (SSSR count). The van der Waals surface area contributed by atoms with E-state index in [2.05, 4.69) is 4.84 Å². The van der Waals surface area contributed by atoms with Gasteiger partial charge in [0, 0.05) is 25.7 Å². The number of ether oxygens (including phenoxy) is 3. The predicted molar refractivity (Wildman–Crippen MR) is 57.5 cm³/mol. The highest BCUT2D eigenvalue weighted by atomic mass is 16.9. The maximum absolute atomic E-state index is 11.7. The third-order valence-electron chi connectivity index (χ3n) is 3.57. The zero-order valence-corrected chi connectivity index (χ0v) is 10.5. The van der Waals surface area contributed by atoms with E-state index < -0.39 is 29.5 Å². The van der Waals surface area contributed by atoms with Gasteiger partial charge in [0.15, 0.2) is 5.60 Å². The summed E-state index contributed by atoms with van der Waals surface area (Å²) < 4.78 is 15.2. The second-order valence-corrected chi connectivity index (χ2v) is 4.81. The molecule has 110 valence electrons. The molecule has 20 heavy (non-hydrogen) atoms. The third kappa shape index (κ3) is 1.86. The minimum absolute atomic E-state index is 0.0196. The van der Waals surface area contributed by atoms with Crippen molar-refractivity contribution in [3.8, 4) is 0 Å². The lowest BCUT2D eigenvalue weighted by atomic mass is 9.98. The molecule has 3 saturated heterocycles. The van der Waals surface area contributed by atoms with Crippen LogP contribution in [0, 0.1) is 0 Å². The van der Waals surface area contributed by atoms with E-state index in [0.717, 1.165) is 0 Å². The molecule has 0 unspecified atom stereocenters. The summed E-state index contributed by atoms with van der Waals surface area (Å²) in [6.45, 7) is 0.316. The van der Waals surface area contributed by atoms with Gasteiger partial charge in [0.1, 0.15) is 0 Å². The van der Waals surface area contributed by atoms with E-state index in [0.29, 0.717) is 5.06 Å². The fourth-order valence-electron chi connectivity index (χ4n) is 2.46. The fourth-order valence-corrected chi connectivity index (χ4v) is 2.46. The molecule has 3 aliphatic heterocycles. The lowest BCUT2D eigenvalue weighted by Crippen LogP contribution is -2.51. The van der Waals surface area contributed by atoms with Crippen LogP contribution in [0.15, 0.2) is 0 Å². The maximum Gasteiger partial charge on any atom is 0.538 e. The standard InChI is InChI=1S/C11H13NO8/c13-7-1-2-8(14)12(7)20-9(15)19-11-10(16,3-5-17-11)4-6-18-11/h16H,1-6H2/t10-,11-. The highest BCUT2D eigenvalue weighted by Gasteiger charge is 2.65. The van der Waals surface area contributed by atoms with Gasteiger partial charge < -0.3 is 19.3 Å². The molecule has 0 radical (unpaired) electrons. The largest absolute Gasteiger partial charge is 0.538 e. The minimum Gasteiger partial charge on any atom is -0.380 e. The highest BCUT2D eigenvalue weighted by Crippen LogP contribution is 2.45. The molecule has 0 atom stereocenters. The first-order valence-electron chi connectivity index (χ1n) is 6.23. The Morgan fingerprint density at radius 3 is 2.25 bits per heavy atom. The number of aliphatic hydroxyl groups is 1. The number of carbonyl (C=O) groups is 3. The van der Waals surface area contributed by atoms with E-state index in [-0.39, 0.29) is 38.9 Å². The molecule has 3 aliphatic rings. The van der Waals surface area contributed by atoms with E-state index in [1.165, 1.54) is 0 Å². The van der Waals surface area contributed by atoms with Crippen molar-refractivity contribution < 1.29 is 38.5 Å². The fraction of sp³-hybridized carbons (Fsp3) is 0.727. The highest BCUT2D eigenvalue weighted by molar-refractivity contribution is 6.01. The Bertz CT molecular complexity index is 449. The van der Waals surface area contributed by atoms with Gasteiger partial charge in [-0.3, -0.25) is 14.4 Å². The lowest BCUT2D eigenvalue weighted by molar-refractivity contribution is -0.366. The molecule has 0 aromatic carbocycles. The lowest BCUT2D eigenvalue weighted by Gasteiger charge is -2.31. The van der Waals surface area contributed by atoms with E-state index in [1.54, 1.807) is 0 Å². The number of rotatable bonds is 2. The Hall–Kier alpha value is -1.71. The number of imide groups is 1. The monoisotopic (exact) mass is 287 g/mol. The van der Waals surface area contributed by atoms with Gasteiger partial charge in [0.2, 0.25) is 0 Å². The zero-order valence-electron chi connectivity index (χ0n) is 10.5. The van der Waals surface area contributed by atoms with E-state index in [4.69, 9.17) is 14.2 Å². The minimum atomic E-state index is -1.92. The van der Waals surface area contributed by atoms with Crippen LogP contribution in [0.4, 0.5) is 4.79 Å². The Labute approximate surface area is 113 Å². The third-order valence-corrected chi connectivity index (χ3v) is 3.57. The van der Waals surface area contributed by atoms with Crippen LogP contribution in [0.5, 0.6) is 0 Å². The molecule has 0 spiro atoms. The number of nitrogens with zero attached hydrogens (tertiary/aromatic N) is 1. The maximum atomic E-state index is 11.7. The van der Waals surface area contributed by atoms with E-state index in [1.807, 2.05) is 0 Å². The van der Waals surface area contributed by atoms with Crippen LogP contribution >= 0.6 is 0 Å². The number of hydrogen-bond acceptors (Lipinski definition) is 8. The molecule has 3 heterocycles. The van der Waals surface area contributed by atoms with Crippen LogP contribution in [-0.4, -0.2) is 52.9 Å². The zero-order chi connectivity index (χ0) is 14.4. The average molecular weight is 287 g/mol. The summed E-state index contributed by atoms with van der Waals surface area (Å²) in [5.74, 6) is -3.17. The molecular formula is C11H13NO8. The van der Waals surface area contributed by atoms with Crippen molar-refractivity contribution in [2.24, 2.45) is 0 Å². The summed E-state index contributed by atoms with van der Waals surface area (Å²) in [5.41, 5.74) is -1.44. The first-order chi connectivity index (χ1) is 9.46. The number of amides is 2. The SMILES string of the molecule is O=C(ON1C(=O)CCC1=O)O[C@]12OCC[C@]1(O)CCO2. The Morgan fingerprint density at radius 2 is 1.70 bits per heavy atom. The van der Waals surface area contributed by atoms with Gasteiger partial charge in [-0.25, -0.2) is 4.79 Å². The van der Waals surface area contributed by atoms with Crippen LogP contribution in [0.2, 0.25) is 0 Å². The molecule has 0 saturated carbocycles. The van der Waals surface area contributed by atoms with Crippen LogP contribution in [-0.2, 0) is 28.6 Å². The normalized spacial score (nSPS) is 36.4. The average Bonchev–Trinajstić information content (AvgIpc) is 2.95. The summed E-state index contributed by atoms with van der Waals surface area (Å²) in [6.07, 6.45) is -0.873. The van der Waals surface area contributed by atoms with E-state index >= 15 is 0 Å². The van der Waals surface area contributed by atoms with Gasteiger partial charge in [-0.1, -0.05) is 5.06 Å². The molecular weight excluding hydrogens is 274 g/mol. The quantitative estimate of drug-likeness (QED) is 0.531. The van der Waals surface area contributed by atoms with Crippen molar-refractivity contribution in [1.29, 1.82) is 0 Å². The van der Waals surface area contributed by atoms with Crippen molar-refractivity contribution in [2.45, 2.75) is 37.3 Å². The van der Waals surface area contributed by atoms with Crippen LogP contribution in [0.25, 0.3) is 0 Å². The van der Waals surface area contributed by atoms with Gasteiger partial charge >= 0.3 is 12.1 Å². The van der Waals surface area contributed by atoms with Gasteiger partial charge in [0.25, 0.3) is 11.8 Å². The molecule has 0 aromatic heterocycles. The number of hydrogen-bond donors (Lipinski definition) is 1. The first-order valence-corrected chi connectivity index (χ1v) is 6.23. The number of fused-ring (bicyclic) bond motifs is 1. The number of carbonyl (C=O) groups excluding carboxylic acids is 3. The van der Waals surface area contributed by atoms with Gasteiger partial charge in [-0.15, -0.1) is 0 Å². The molecule has 0 aromatic rings. The van der Waals surface area contributed by atoms with E-state index in [9.17, 15) is 19.5 Å². The van der Waals surface area contributed by atoms with Gasteiger partial charge in [-0.05, 0) is 0 Å². The Kier molecular flexibility index (Phi) is 2.92. The molecule has 2 amide bonds. The van der Waals surface area contributed by atoms with Gasteiger partial charge in [0.05, 0.1) is 13.2 Å². The Morgan fingerprint density at radius 1 is 1.15 bits per heavy atom. The molecule has 0 aliphatic carbocycles. The predicted octanol–water partition coefficient (Wildman–Crippen LogP) is -0.571.